The average Bonchev–Trinajstić information content (AvgIpc) is 2.82. The Hall–Kier alpha value is -1.88. The highest BCUT2D eigenvalue weighted by molar-refractivity contribution is 5.76. The van der Waals surface area contributed by atoms with Crippen LogP contribution >= 0.6 is 0 Å². The molecule has 0 bridgehead atoms. The molecule has 2 N–H and O–H groups in total. The molecule has 5 nitrogen and oxygen atoms in total. The van der Waals surface area contributed by atoms with Crippen LogP contribution in [0.2, 0.25) is 0 Å². The lowest BCUT2D eigenvalue weighted by Gasteiger charge is -2.22. The van der Waals surface area contributed by atoms with Gasteiger partial charge in [-0.3, -0.25) is 9.67 Å². The van der Waals surface area contributed by atoms with E-state index in [1.165, 1.54) is 12.8 Å². The van der Waals surface area contributed by atoms with Crippen molar-refractivity contribution in [3.63, 3.8) is 0 Å². The third-order valence-corrected chi connectivity index (χ3v) is 4.09. The number of nitrogen functional groups attached to an aromatic ring is 1. The molecule has 0 radical (unpaired) electrons. The van der Waals surface area contributed by atoms with E-state index in [-0.39, 0.29) is 0 Å². The summed E-state index contributed by atoms with van der Waals surface area (Å²) in [5, 5.41) is 4.58. The van der Waals surface area contributed by atoms with Crippen molar-refractivity contribution in [2.45, 2.75) is 38.2 Å². The second kappa shape index (κ2) is 6.26. The molecule has 5 heteroatoms. The standard InChI is InChI=1S/C16H22N4O/c1-20-16(17)15(12-5-4-9-18-11-12)14(19-20)8-7-13-6-2-3-10-21-13/h4-5,9,11,13H,2-3,6-8,10,17H2,1H3. The van der Waals surface area contributed by atoms with Crippen LogP contribution in [-0.4, -0.2) is 27.5 Å². The second-order valence-electron chi connectivity index (χ2n) is 5.60. The summed E-state index contributed by atoms with van der Waals surface area (Å²) >= 11 is 0. The molecule has 0 saturated carbocycles. The molecule has 1 saturated heterocycles. The Morgan fingerprint density at radius 1 is 1.43 bits per heavy atom. The van der Waals surface area contributed by atoms with Crippen LogP contribution in [0.4, 0.5) is 5.82 Å². The van der Waals surface area contributed by atoms with Gasteiger partial charge in [-0.2, -0.15) is 5.10 Å². The number of nitrogens with zero attached hydrogens (tertiary/aromatic N) is 3. The number of hydrogen-bond acceptors (Lipinski definition) is 4. The third kappa shape index (κ3) is 3.08. The Labute approximate surface area is 125 Å². The van der Waals surface area contributed by atoms with Gasteiger partial charge in [-0.05, 0) is 38.2 Å². The summed E-state index contributed by atoms with van der Waals surface area (Å²) in [6.45, 7) is 0.893. The Bertz CT molecular complexity index is 588. The van der Waals surface area contributed by atoms with Gasteiger partial charge in [-0.15, -0.1) is 0 Å². The van der Waals surface area contributed by atoms with E-state index in [9.17, 15) is 0 Å². The van der Waals surface area contributed by atoms with Crippen molar-refractivity contribution in [3.05, 3.63) is 30.2 Å². The number of anilines is 1. The Morgan fingerprint density at radius 2 is 2.33 bits per heavy atom. The first-order valence-corrected chi connectivity index (χ1v) is 7.59. The lowest BCUT2D eigenvalue weighted by atomic mass is 10.00. The first-order chi connectivity index (χ1) is 10.3. The Morgan fingerprint density at radius 3 is 3.05 bits per heavy atom. The van der Waals surface area contributed by atoms with Crippen molar-refractivity contribution in [3.8, 4) is 11.1 Å². The van der Waals surface area contributed by atoms with E-state index in [0.29, 0.717) is 11.9 Å². The fourth-order valence-electron chi connectivity index (χ4n) is 2.93. The van der Waals surface area contributed by atoms with Gasteiger partial charge in [0.1, 0.15) is 5.82 Å². The fourth-order valence-corrected chi connectivity index (χ4v) is 2.93. The molecular formula is C16H22N4O. The van der Waals surface area contributed by atoms with Gasteiger partial charge in [0.25, 0.3) is 0 Å². The molecule has 1 fully saturated rings. The summed E-state index contributed by atoms with van der Waals surface area (Å²) in [6.07, 6.45) is 9.48. The molecule has 2 aromatic heterocycles. The van der Waals surface area contributed by atoms with Crippen LogP contribution in [-0.2, 0) is 18.2 Å². The normalized spacial score (nSPS) is 18.8. The number of rotatable bonds is 4. The van der Waals surface area contributed by atoms with Gasteiger partial charge >= 0.3 is 0 Å². The molecular weight excluding hydrogens is 264 g/mol. The zero-order valence-corrected chi connectivity index (χ0v) is 12.5. The molecule has 3 heterocycles. The average molecular weight is 286 g/mol. The van der Waals surface area contributed by atoms with E-state index < -0.39 is 0 Å². The molecule has 1 aliphatic heterocycles. The first kappa shape index (κ1) is 14.1. The van der Waals surface area contributed by atoms with Gasteiger partial charge < -0.3 is 10.5 Å². The van der Waals surface area contributed by atoms with Crippen LogP contribution in [0.1, 0.15) is 31.4 Å². The summed E-state index contributed by atoms with van der Waals surface area (Å²) in [6, 6.07) is 3.96. The minimum Gasteiger partial charge on any atom is -0.383 e. The van der Waals surface area contributed by atoms with Gasteiger partial charge in [-0.25, -0.2) is 0 Å². The van der Waals surface area contributed by atoms with Crippen LogP contribution in [0.3, 0.4) is 0 Å². The van der Waals surface area contributed by atoms with Crippen LogP contribution in [0.15, 0.2) is 24.5 Å². The minimum atomic E-state index is 0.365. The number of ether oxygens (including phenoxy) is 1. The number of aryl methyl sites for hydroxylation is 2. The van der Waals surface area contributed by atoms with Gasteiger partial charge in [-0.1, -0.05) is 6.07 Å². The van der Waals surface area contributed by atoms with Crippen LogP contribution < -0.4 is 5.73 Å². The molecule has 0 spiro atoms. The van der Waals surface area contributed by atoms with E-state index in [2.05, 4.69) is 10.1 Å². The molecule has 1 aliphatic rings. The zero-order chi connectivity index (χ0) is 14.7. The SMILES string of the molecule is Cn1nc(CCC2CCCCO2)c(-c2cccnc2)c1N. The fraction of sp³-hybridized carbons (Fsp3) is 0.500. The third-order valence-electron chi connectivity index (χ3n) is 4.09. The topological polar surface area (TPSA) is 66.0 Å². The maximum absolute atomic E-state index is 6.19. The van der Waals surface area contributed by atoms with Crippen molar-refractivity contribution in [2.24, 2.45) is 7.05 Å². The zero-order valence-electron chi connectivity index (χ0n) is 12.5. The molecule has 21 heavy (non-hydrogen) atoms. The number of pyridine rings is 1. The van der Waals surface area contributed by atoms with Gasteiger partial charge in [0.15, 0.2) is 0 Å². The molecule has 1 atom stereocenters. The van der Waals surface area contributed by atoms with E-state index >= 15 is 0 Å². The summed E-state index contributed by atoms with van der Waals surface area (Å²) < 4.78 is 7.55. The van der Waals surface area contributed by atoms with E-state index in [1.54, 1.807) is 10.9 Å². The van der Waals surface area contributed by atoms with Crippen LogP contribution in [0, 0.1) is 0 Å². The summed E-state index contributed by atoms with van der Waals surface area (Å²) in [5.41, 5.74) is 9.27. The second-order valence-corrected chi connectivity index (χ2v) is 5.60. The van der Waals surface area contributed by atoms with Crippen molar-refractivity contribution < 1.29 is 4.74 Å². The minimum absolute atomic E-state index is 0.365. The summed E-state index contributed by atoms with van der Waals surface area (Å²) in [5.74, 6) is 0.697. The maximum Gasteiger partial charge on any atom is 0.129 e. The predicted octanol–water partition coefficient (Wildman–Crippen LogP) is 2.57. The highest BCUT2D eigenvalue weighted by Crippen LogP contribution is 2.30. The van der Waals surface area contributed by atoms with Crippen molar-refractivity contribution in [2.75, 3.05) is 12.3 Å². The Kier molecular flexibility index (Phi) is 4.20. The first-order valence-electron chi connectivity index (χ1n) is 7.59. The van der Waals surface area contributed by atoms with Crippen molar-refractivity contribution in [1.82, 2.24) is 14.8 Å². The van der Waals surface area contributed by atoms with Crippen molar-refractivity contribution in [1.29, 1.82) is 0 Å². The highest BCUT2D eigenvalue weighted by atomic mass is 16.5. The predicted molar refractivity (Wildman–Crippen MR) is 82.8 cm³/mol. The Balaban J connectivity index is 1.80. The lowest BCUT2D eigenvalue weighted by molar-refractivity contribution is 0.0113. The molecule has 112 valence electrons. The van der Waals surface area contributed by atoms with Crippen molar-refractivity contribution >= 4 is 5.82 Å². The molecule has 2 aromatic rings. The molecule has 0 amide bonds. The number of nitrogens with two attached hydrogens (primary N) is 1. The maximum atomic E-state index is 6.19. The van der Waals surface area contributed by atoms with E-state index in [4.69, 9.17) is 10.5 Å². The lowest BCUT2D eigenvalue weighted by Crippen LogP contribution is -2.19. The van der Waals surface area contributed by atoms with Crippen LogP contribution in [0.25, 0.3) is 11.1 Å². The van der Waals surface area contributed by atoms with Crippen LogP contribution in [0.5, 0.6) is 0 Å². The molecule has 3 rings (SSSR count). The quantitative estimate of drug-likeness (QED) is 0.938. The van der Waals surface area contributed by atoms with Gasteiger partial charge in [0.05, 0.1) is 11.8 Å². The van der Waals surface area contributed by atoms with E-state index in [0.717, 1.165) is 42.7 Å². The largest absolute Gasteiger partial charge is 0.383 e. The molecule has 1 unspecified atom stereocenters. The molecule has 0 aliphatic carbocycles. The van der Waals surface area contributed by atoms with Gasteiger partial charge in [0.2, 0.25) is 0 Å². The summed E-state index contributed by atoms with van der Waals surface area (Å²) in [7, 11) is 1.88. The smallest absolute Gasteiger partial charge is 0.129 e. The monoisotopic (exact) mass is 286 g/mol. The molecule has 0 aromatic carbocycles. The summed E-state index contributed by atoms with van der Waals surface area (Å²) in [4.78, 5) is 4.19. The van der Waals surface area contributed by atoms with Gasteiger partial charge in [0, 0.05) is 37.2 Å². The van der Waals surface area contributed by atoms with E-state index in [1.807, 2.05) is 25.4 Å². The number of aromatic nitrogens is 3. The number of hydrogen-bond donors (Lipinski definition) is 1. The highest BCUT2D eigenvalue weighted by Gasteiger charge is 2.19.